The summed E-state index contributed by atoms with van der Waals surface area (Å²) < 4.78 is 13.0. The third-order valence-electron chi connectivity index (χ3n) is 3.48. The minimum Gasteiger partial charge on any atom is -0.308 e. The Labute approximate surface area is 138 Å². The highest BCUT2D eigenvalue weighted by Gasteiger charge is 2.18. The number of amides is 1. The van der Waals surface area contributed by atoms with E-state index >= 15 is 0 Å². The zero-order chi connectivity index (χ0) is 16.2. The average molecular weight is 326 g/mol. The lowest BCUT2D eigenvalue weighted by Crippen LogP contribution is -2.29. The zero-order valence-corrected chi connectivity index (χ0v) is 13.4. The maximum absolute atomic E-state index is 13.0. The number of benzene rings is 1. The van der Waals surface area contributed by atoms with Gasteiger partial charge in [0.2, 0.25) is 0 Å². The van der Waals surface area contributed by atoms with E-state index in [1.807, 2.05) is 31.2 Å². The molecular weight excluding hydrogens is 311 g/mol. The van der Waals surface area contributed by atoms with Crippen molar-refractivity contribution in [3.05, 3.63) is 71.6 Å². The Morgan fingerprint density at radius 3 is 2.43 bits per heavy atom. The second kappa shape index (κ2) is 6.71. The number of rotatable bonds is 4. The molecule has 3 aromatic rings. The molecule has 0 spiro atoms. The van der Waals surface area contributed by atoms with E-state index in [2.05, 4.69) is 4.98 Å². The number of anilines is 1. The van der Waals surface area contributed by atoms with Gasteiger partial charge in [-0.05, 0) is 48.9 Å². The lowest BCUT2D eigenvalue weighted by Gasteiger charge is -2.19. The Kier molecular flexibility index (Phi) is 4.48. The summed E-state index contributed by atoms with van der Waals surface area (Å²) in [5, 5.41) is 0. The lowest BCUT2D eigenvalue weighted by atomic mass is 10.2. The number of aromatic nitrogens is 1. The van der Waals surface area contributed by atoms with Crippen molar-refractivity contribution in [3.63, 3.8) is 0 Å². The van der Waals surface area contributed by atoms with Crippen LogP contribution >= 0.6 is 11.3 Å². The molecule has 23 heavy (non-hydrogen) atoms. The second-order valence-electron chi connectivity index (χ2n) is 4.93. The van der Waals surface area contributed by atoms with Crippen LogP contribution in [0.15, 0.2) is 60.9 Å². The van der Waals surface area contributed by atoms with E-state index in [0.29, 0.717) is 11.4 Å². The molecule has 5 heteroatoms. The third kappa shape index (κ3) is 3.29. The van der Waals surface area contributed by atoms with Gasteiger partial charge in [-0.15, -0.1) is 11.3 Å². The van der Waals surface area contributed by atoms with E-state index in [0.717, 1.165) is 16.1 Å². The van der Waals surface area contributed by atoms with Gasteiger partial charge in [0, 0.05) is 29.5 Å². The molecular formula is C18H15FN2OS. The Morgan fingerprint density at radius 1 is 1.09 bits per heavy atom. The average Bonchev–Trinajstić information content (AvgIpc) is 3.07. The smallest absolute Gasteiger partial charge is 0.268 e. The maximum Gasteiger partial charge on any atom is 0.268 e. The number of carbonyl (C=O) groups excluding carboxylic acids is 1. The van der Waals surface area contributed by atoms with Crippen molar-refractivity contribution in [1.29, 1.82) is 0 Å². The normalized spacial score (nSPS) is 10.5. The first kappa shape index (κ1) is 15.4. The fourth-order valence-electron chi connectivity index (χ4n) is 2.32. The number of hydrogen-bond acceptors (Lipinski definition) is 3. The summed E-state index contributed by atoms with van der Waals surface area (Å²) in [4.78, 5) is 20.0. The van der Waals surface area contributed by atoms with Crippen LogP contribution in [-0.2, 0) is 0 Å². The fourth-order valence-corrected chi connectivity index (χ4v) is 3.28. The molecule has 3 rings (SSSR count). The van der Waals surface area contributed by atoms with Crippen LogP contribution in [0.25, 0.3) is 10.4 Å². The van der Waals surface area contributed by atoms with Crippen molar-refractivity contribution < 1.29 is 9.18 Å². The summed E-state index contributed by atoms with van der Waals surface area (Å²) in [6, 6.07) is 13.6. The van der Waals surface area contributed by atoms with Gasteiger partial charge in [-0.2, -0.15) is 0 Å². The van der Waals surface area contributed by atoms with E-state index in [-0.39, 0.29) is 11.7 Å². The number of carbonyl (C=O) groups is 1. The first-order valence-corrected chi connectivity index (χ1v) is 8.08. The maximum atomic E-state index is 13.0. The quantitative estimate of drug-likeness (QED) is 0.701. The topological polar surface area (TPSA) is 33.2 Å². The summed E-state index contributed by atoms with van der Waals surface area (Å²) in [6.45, 7) is 2.51. The Balaban J connectivity index is 1.87. The summed E-state index contributed by atoms with van der Waals surface area (Å²) in [7, 11) is 0. The van der Waals surface area contributed by atoms with Crippen LogP contribution in [-0.4, -0.2) is 17.4 Å². The van der Waals surface area contributed by atoms with Crippen LogP contribution < -0.4 is 4.90 Å². The largest absolute Gasteiger partial charge is 0.308 e. The predicted molar refractivity (Wildman–Crippen MR) is 91.3 cm³/mol. The van der Waals surface area contributed by atoms with Gasteiger partial charge in [0.15, 0.2) is 0 Å². The molecule has 0 fully saturated rings. The number of thiophene rings is 1. The molecule has 0 aliphatic heterocycles. The summed E-state index contributed by atoms with van der Waals surface area (Å²) in [5.41, 5.74) is 1.73. The molecule has 0 unspecified atom stereocenters. The van der Waals surface area contributed by atoms with Gasteiger partial charge in [-0.3, -0.25) is 9.78 Å². The summed E-state index contributed by atoms with van der Waals surface area (Å²) >= 11 is 1.41. The summed E-state index contributed by atoms with van der Waals surface area (Å²) in [5.74, 6) is -0.312. The van der Waals surface area contributed by atoms with Crippen LogP contribution in [0.4, 0.5) is 10.1 Å². The SMILES string of the molecule is CCN(C(=O)c1ccc(-c2ccc(F)cc2)s1)c1ccncc1. The summed E-state index contributed by atoms with van der Waals surface area (Å²) in [6.07, 6.45) is 3.34. The van der Waals surface area contributed by atoms with Crippen molar-refractivity contribution in [3.8, 4) is 10.4 Å². The molecule has 0 atom stereocenters. The molecule has 3 nitrogen and oxygen atoms in total. The van der Waals surface area contributed by atoms with E-state index in [1.165, 1.54) is 23.5 Å². The van der Waals surface area contributed by atoms with Gasteiger partial charge in [-0.25, -0.2) is 4.39 Å². The lowest BCUT2D eigenvalue weighted by molar-refractivity contribution is 0.0992. The number of hydrogen-bond donors (Lipinski definition) is 0. The highest BCUT2D eigenvalue weighted by molar-refractivity contribution is 7.17. The monoisotopic (exact) mass is 326 g/mol. The van der Waals surface area contributed by atoms with Crippen molar-refractivity contribution in [2.75, 3.05) is 11.4 Å². The molecule has 1 amide bonds. The minimum atomic E-state index is -0.267. The highest BCUT2D eigenvalue weighted by atomic mass is 32.1. The van der Waals surface area contributed by atoms with Crippen molar-refractivity contribution >= 4 is 22.9 Å². The van der Waals surface area contributed by atoms with Gasteiger partial charge in [-0.1, -0.05) is 12.1 Å². The van der Waals surface area contributed by atoms with Gasteiger partial charge in [0.05, 0.1) is 4.88 Å². The Bertz CT molecular complexity index is 799. The van der Waals surface area contributed by atoms with Gasteiger partial charge < -0.3 is 4.90 Å². The van der Waals surface area contributed by atoms with Crippen molar-refractivity contribution in [2.24, 2.45) is 0 Å². The molecule has 0 saturated heterocycles. The van der Waals surface area contributed by atoms with E-state index in [1.54, 1.807) is 29.4 Å². The molecule has 0 saturated carbocycles. The van der Waals surface area contributed by atoms with Crippen molar-refractivity contribution in [2.45, 2.75) is 6.92 Å². The zero-order valence-electron chi connectivity index (χ0n) is 12.6. The highest BCUT2D eigenvalue weighted by Crippen LogP contribution is 2.29. The van der Waals surface area contributed by atoms with Crippen molar-refractivity contribution in [1.82, 2.24) is 4.98 Å². The molecule has 116 valence electrons. The van der Waals surface area contributed by atoms with Crippen LogP contribution in [0.3, 0.4) is 0 Å². The van der Waals surface area contributed by atoms with Gasteiger partial charge in [0.1, 0.15) is 5.82 Å². The number of halogens is 1. The van der Waals surface area contributed by atoms with E-state index in [4.69, 9.17) is 0 Å². The van der Waals surface area contributed by atoms with Gasteiger partial charge in [0.25, 0.3) is 5.91 Å². The first-order valence-electron chi connectivity index (χ1n) is 7.26. The van der Waals surface area contributed by atoms with Crippen LogP contribution in [0, 0.1) is 5.82 Å². The molecule has 0 aliphatic carbocycles. The standard InChI is InChI=1S/C18H15FN2OS/c1-2-21(15-9-11-20-12-10-15)18(22)17-8-7-16(23-17)13-3-5-14(19)6-4-13/h3-12H,2H2,1H3. The molecule has 0 radical (unpaired) electrons. The van der Waals surface area contributed by atoms with Crippen LogP contribution in [0.1, 0.15) is 16.6 Å². The van der Waals surface area contributed by atoms with E-state index in [9.17, 15) is 9.18 Å². The Morgan fingerprint density at radius 2 is 1.78 bits per heavy atom. The second-order valence-corrected chi connectivity index (χ2v) is 6.01. The number of nitrogens with zero attached hydrogens (tertiary/aromatic N) is 2. The van der Waals surface area contributed by atoms with Crippen LogP contribution in [0.5, 0.6) is 0 Å². The third-order valence-corrected chi connectivity index (χ3v) is 4.60. The Hall–Kier alpha value is -2.53. The molecule has 1 aromatic carbocycles. The van der Waals surface area contributed by atoms with Gasteiger partial charge >= 0.3 is 0 Å². The van der Waals surface area contributed by atoms with E-state index < -0.39 is 0 Å². The molecule has 0 N–H and O–H groups in total. The number of pyridine rings is 1. The predicted octanol–water partition coefficient (Wildman–Crippen LogP) is 4.62. The molecule has 2 heterocycles. The molecule has 0 aliphatic rings. The molecule has 0 bridgehead atoms. The first-order chi connectivity index (χ1) is 11.2. The van der Waals surface area contributed by atoms with Crippen LogP contribution in [0.2, 0.25) is 0 Å². The minimum absolute atomic E-state index is 0.0444. The fraction of sp³-hybridized carbons (Fsp3) is 0.111. The molecule has 2 aromatic heterocycles.